The first-order chi connectivity index (χ1) is 12.1. The van der Waals surface area contributed by atoms with Gasteiger partial charge in [-0.3, -0.25) is 14.4 Å². The van der Waals surface area contributed by atoms with Crippen molar-refractivity contribution in [1.82, 2.24) is 15.5 Å². The predicted octanol–water partition coefficient (Wildman–Crippen LogP) is -0.550. The van der Waals surface area contributed by atoms with Gasteiger partial charge in [0.1, 0.15) is 0 Å². The van der Waals surface area contributed by atoms with E-state index in [9.17, 15) is 22.8 Å². The van der Waals surface area contributed by atoms with Crippen molar-refractivity contribution in [1.29, 1.82) is 0 Å². The fourth-order valence-corrected chi connectivity index (χ4v) is 3.44. The van der Waals surface area contributed by atoms with Gasteiger partial charge in [-0.1, -0.05) is 25.9 Å². The first-order valence-corrected chi connectivity index (χ1v) is 9.92. The highest BCUT2D eigenvalue weighted by Crippen LogP contribution is 2.06. The van der Waals surface area contributed by atoms with Crippen molar-refractivity contribution in [3.8, 4) is 0 Å². The molecule has 3 N–H and O–H groups in total. The maximum absolute atomic E-state index is 12.3. The van der Waals surface area contributed by atoms with Gasteiger partial charge in [-0.25, -0.2) is 8.42 Å². The smallest absolute Gasteiger partial charge is 0.240 e. The van der Waals surface area contributed by atoms with E-state index in [0.29, 0.717) is 12.3 Å². The minimum Gasteiger partial charge on any atom is -0.369 e. The Balaban J connectivity index is 2.61. The lowest BCUT2D eigenvalue weighted by Crippen LogP contribution is -2.41. The van der Waals surface area contributed by atoms with Crippen molar-refractivity contribution in [2.75, 3.05) is 11.5 Å². The molecule has 0 saturated heterocycles. The summed E-state index contributed by atoms with van der Waals surface area (Å²) in [6, 6.07) is -0.909. The van der Waals surface area contributed by atoms with Crippen LogP contribution in [0.1, 0.15) is 43.7 Å². The van der Waals surface area contributed by atoms with Crippen LogP contribution in [0.15, 0.2) is 4.52 Å². The average molecular weight is 387 g/mol. The minimum atomic E-state index is -3.68. The summed E-state index contributed by atoms with van der Waals surface area (Å²) in [5.74, 6) is -3.70. The van der Waals surface area contributed by atoms with E-state index in [4.69, 9.17) is 10.3 Å². The summed E-state index contributed by atoms with van der Waals surface area (Å²) in [5, 5.41) is 5.98. The molecule has 1 aromatic rings. The Kier molecular flexibility index (Phi) is 7.87. The van der Waals surface area contributed by atoms with E-state index in [0.717, 1.165) is 6.42 Å². The Morgan fingerprint density at radius 1 is 1.31 bits per heavy atom. The van der Waals surface area contributed by atoms with Gasteiger partial charge < -0.3 is 15.6 Å². The second kappa shape index (κ2) is 9.41. The van der Waals surface area contributed by atoms with Gasteiger partial charge in [-0.2, -0.15) is 4.98 Å². The molecule has 10 nitrogen and oxygen atoms in total. The second-order valence-electron chi connectivity index (χ2n) is 5.78. The van der Waals surface area contributed by atoms with Crippen LogP contribution in [-0.2, 0) is 25.8 Å². The van der Waals surface area contributed by atoms with Gasteiger partial charge >= 0.3 is 0 Å². The maximum Gasteiger partial charge on any atom is 0.240 e. The lowest BCUT2D eigenvalue weighted by Gasteiger charge is -2.14. The number of nitrogens with one attached hydrogen (secondary N) is 1. The van der Waals surface area contributed by atoms with E-state index in [1.54, 1.807) is 13.8 Å². The molecule has 0 aliphatic rings. The number of nitrogens with zero attached hydrogens (tertiary/aromatic N) is 2. The van der Waals surface area contributed by atoms with Gasteiger partial charge in [0.15, 0.2) is 9.84 Å². The number of aromatic nitrogens is 2. The fourth-order valence-electron chi connectivity index (χ4n) is 1.97. The normalized spacial score (nSPS) is 13.8. The summed E-state index contributed by atoms with van der Waals surface area (Å²) in [4.78, 5) is 39.1. The van der Waals surface area contributed by atoms with Gasteiger partial charge in [0.05, 0.1) is 24.0 Å². The number of hydrogen-bond acceptors (Lipinski definition) is 8. The van der Waals surface area contributed by atoms with Gasteiger partial charge in [-0.05, 0) is 6.42 Å². The van der Waals surface area contributed by atoms with Gasteiger partial charge in [0.25, 0.3) is 0 Å². The number of aryl methyl sites for hydroxylation is 1. The van der Waals surface area contributed by atoms with Crippen molar-refractivity contribution >= 4 is 27.4 Å². The van der Waals surface area contributed by atoms with E-state index in [-0.39, 0.29) is 12.2 Å². The topological polar surface area (TPSA) is 162 Å². The third-order valence-corrected chi connectivity index (χ3v) is 5.23. The molecular formula is C15H23N4O6S. The monoisotopic (exact) mass is 387 g/mol. The molecule has 0 aliphatic heterocycles. The van der Waals surface area contributed by atoms with E-state index in [1.807, 2.05) is 0 Å². The summed E-state index contributed by atoms with van der Waals surface area (Å²) < 4.78 is 28.6. The number of Topliss-reactive ketones (excluding diaryl/α,β-unsaturated/α-hetero) is 1. The largest absolute Gasteiger partial charge is 0.369 e. The van der Waals surface area contributed by atoms with Crippen LogP contribution in [0.25, 0.3) is 0 Å². The molecule has 1 rings (SSSR count). The van der Waals surface area contributed by atoms with Gasteiger partial charge in [0, 0.05) is 12.3 Å². The molecule has 145 valence electrons. The summed E-state index contributed by atoms with van der Waals surface area (Å²) in [6.45, 7) is 4.85. The number of sulfone groups is 1. The number of hydrogen-bond donors (Lipinski definition) is 2. The number of primary amides is 1. The Morgan fingerprint density at radius 2 is 1.96 bits per heavy atom. The highest BCUT2D eigenvalue weighted by Gasteiger charge is 2.26. The third-order valence-electron chi connectivity index (χ3n) is 3.54. The molecule has 1 heterocycles. The van der Waals surface area contributed by atoms with E-state index < -0.39 is 50.9 Å². The lowest BCUT2D eigenvalue weighted by molar-refractivity contribution is -0.120. The van der Waals surface area contributed by atoms with E-state index in [1.165, 1.54) is 6.92 Å². The number of carbonyl (C=O) groups is 3. The van der Waals surface area contributed by atoms with Crippen molar-refractivity contribution < 1.29 is 27.3 Å². The van der Waals surface area contributed by atoms with Crippen LogP contribution in [0.2, 0.25) is 0 Å². The highest BCUT2D eigenvalue weighted by molar-refractivity contribution is 7.91. The van der Waals surface area contributed by atoms with Crippen molar-refractivity contribution in [2.24, 2.45) is 11.7 Å². The molecule has 11 heteroatoms. The van der Waals surface area contributed by atoms with Gasteiger partial charge in [0.2, 0.25) is 29.3 Å². The number of ketones is 1. The second-order valence-corrected chi connectivity index (χ2v) is 7.94. The Hall–Kier alpha value is -2.30. The van der Waals surface area contributed by atoms with Crippen LogP contribution in [0.5, 0.6) is 0 Å². The zero-order valence-corrected chi connectivity index (χ0v) is 15.7. The summed E-state index contributed by atoms with van der Waals surface area (Å²) in [6.07, 6.45) is 1.64. The summed E-state index contributed by atoms with van der Waals surface area (Å²) in [5.41, 5.74) is 5.03. The van der Waals surface area contributed by atoms with Crippen molar-refractivity contribution in [3.63, 3.8) is 0 Å². The maximum atomic E-state index is 12.3. The van der Waals surface area contributed by atoms with Crippen LogP contribution in [0.4, 0.5) is 0 Å². The minimum absolute atomic E-state index is 0.142. The Labute approximate surface area is 151 Å². The van der Waals surface area contributed by atoms with Crippen molar-refractivity contribution in [2.45, 2.75) is 39.7 Å². The van der Waals surface area contributed by atoms with Crippen molar-refractivity contribution in [3.05, 3.63) is 18.1 Å². The Morgan fingerprint density at radius 3 is 2.46 bits per heavy atom. The quantitative estimate of drug-likeness (QED) is 0.478. The molecule has 0 saturated carbocycles. The zero-order chi connectivity index (χ0) is 19.9. The molecular weight excluding hydrogens is 364 g/mol. The average Bonchev–Trinajstić information content (AvgIpc) is 3.06. The SMILES string of the molecule is CCc1nc(C(=O)C(CC)NC(=O)[CH]CS(=O)(=O)CC(C)C(N)=O)no1. The first kappa shape index (κ1) is 21.7. The van der Waals surface area contributed by atoms with E-state index in [2.05, 4.69) is 15.5 Å². The molecule has 2 amide bonds. The summed E-state index contributed by atoms with van der Waals surface area (Å²) >= 11 is 0. The molecule has 1 aromatic heterocycles. The third kappa shape index (κ3) is 6.54. The van der Waals surface area contributed by atoms with Crippen LogP contribution in [-0.4, -0.2) is 53.7 Å². The zero-order valence-electron chi connectivity index (χ0n) is 14.9. The predicted molar refractivity (Wildman–Crippen MR) is 91.5 cm³/mol. The van der Waals surface area contributed by atoms with E-state index >= 15 is 0 Å². The van der Waals surface area contributed by atoms with Crippen LogP contribution < -0.4 is 11.1 Å². The number of nitrogens with two attached hydrogens (primary N) is 1. The van der Waals surface area contributed by atoms with Crippen LogP contribution in [0.3, 0.4) is 0 Å². The molecule has 2 unspecified atom stereocenters. The number of amides is 2. The molecule has 0 bridgehead atoms. The molecule has 0 spiro atoms. The number of rotatable bonds is 11. The lowest BCUT2D eigenvalue weighted by atomic mass is 10.1. The van der Waals surface area contributed by atoms with Crippen LogP contribution >= 0.6 is 0 Å². The van der Waals surface area contributed by atoms with Crippen LogP contribution in [0, 0.1) is 12.3 Å². The molecule has 0 aromatic carbocycles. The molecule has 0 aliphatic carbocycles. The Bertz CT molecular complexity index is 758. The molecule has 0 fully saturated rings. The molecule has 1 radical (unpaired) electrons. The molecule has 26 heavy (non-hydrogen) atoms. The number of carbonyl (C=O) groups excluding carboxylic acids is 3. The standard InChI is InChI=1S/C15H23N4O6S/c1-4-10(13(21)15-18-12(5-2)25-19-15)17-11(20)6-7-26(23,24)8-9(3)14(16)22/h6,9-10H,4-5,7-8H2,1-3H3,(H2,16,22)(H,17,20). The fraction of sp³-hybridized carbons (Fsp3) is 0.600. The van der Waals surface area contributed by atoms with Gasteiger partial charge in [-0.15, -0.1) is 0 Å². The summed E-state index contributed by atoms with van der Waals surface area (Å²) in [7, 11) is -3.68. The molecule has 2 atom stereocenters. The highest BCUT2D eigenvalue weighted by atomic mass is 32.2. The first-order valence-electron chi connectivity index (χ1n) is 8.09.